The van der Waals surface area contributed by atoms with E-state index in [0.29, 0.717) is 24.6 Å². The van der Waals surface area contributed by atoms with Crippen LogP contribution in [0.3, 0.4) is 0 Å². The molecule has 1 aromatic heterocycles. The molecule has 2 aromatic carbocycles. The molecular formula is C21H24N4O3S. The summed E-state index contributed by atoms with van der Waals surface area (Å²) in [5.74, 6) is 0.176. The molecule has 1 fully saturated rings. The van der Waals surface area contributed by atoms with Crippen molar-refractivity contribution in [1.29, 1.82) is 0 Å². The number of sulfonamides is 1. The second-order valence-corrected chi connectivity index (χ2v) is 9.10. The van der Waals surface area contributed by atoms with Crippen molar-refractivity contribution < 1.29 is 13.2 Å². The van der Waals surface area contributed by atoms with Crippen LogP contribution in [0.2, 0.25) is 0 Å². The largest absolute Gasteiger partial charge is 0.310 e. The maximum atomic E-state index is 12.7. The highest BCUT2D eigenvalue weighted by Crippen LogP contribution is 2.23. The minimum Gasteiger partial charge on any atom is -0.310 e. The van der Waals surface area contributed by atoms with Crippen molar-refractivity contribution in [3.8, 4) is 0 Å². The van der Waals surface area contributed by atoms with E-state index in [0.717, 1.165) is 36.8 Å². The normalized spacial score (nSPS) is 15.1. The third-order valence-corrected chi connectivity index (χ3v) is 7.06. The van der Waals surface area contributed by atoms with Crippen molar-refractivity contribution in [3.63, 3.8) is 0 Å². The lowest BCUT2D eigenvalue weighted by atomic mass is 10.2. The Labute approximate surface area is 170 Å². The fourth-order valence-electron chi connectivity index (χ4n) is 3.65. The van der Waals surface area contributed by atoms with Crippen LogP contribution in [-0.4, -0.2) is 41.3 Å². The van der Waals surface area contributed by atoms with Gasteiger partial charge in [0.15, 0.2) is 0 Å². The van der Waals surface area contributed by atoms with Crippen LogP contribution in [0.4, 0.5) is 5.95 Å². The molecule has 29 heavy (non-hydrogen) atoms. The van der Waals surface area contributed by atoms with E-state index in [2.05, 4.69) is 17.2 Å². The van der Waals surface area contributed by atoms with E-state index in [1.807, 2.05) is 28.8 Å². The van der Waals surface area contributed by atoms with Crippen LogP contribution >= 0.6 is 0 Å². The maximum Gasteiger partial charge on any atom is 0.257 e. The number of aryl methyl sites for hydroxylation is 1. The van der Waals surface area contributed by atoms with Gasteiger partial charge in [-0.15, -0.1) is 0 Å². The van der Waals surface area contributed by atoms with Gasteiger partial charge in [0, 0.05) is 25.2 Å². The van der Waals surface area contributed by atoms with Gasteiger partial charge in [0.2, 0.25) is 16.0 Å². The zero-order valence-electron chi connectivity index (χ0n) is 16.3. The molecule has 0 saturated carbocycles. The smallest absolute Gasteiger partial charge is 0.257 e. The summed E-state index contributed by atoms with van der Waals surface area (Å²) in [4.78, 5) is 17.5. The zero-order valence-corrected chi connectivity index (χ0v) is 17.2. The molecule has 0 spiro atoms. The maximum absolute atomic E-state index is 12.7. The number of carbonyl (C=O) groups is 1. The first-order valence-corrected chi connectivity index (χ1v) is 11.3. The Morgan fingerprint density at radius 1 is 1.07 bits per heavy atom. The standard InChI is InChI=1S/C21H24N4O3S/c1-2-13-25-19-8-4-3-7-18(19)22-21(25)23-20(26)16-9-11-17(12-10-16)29(27,28)24-14-5-6-15-24/h3-4,7-12H,2,5-6,13-15H2,1H3,(H,22,23,26). The molecule has 7 nitrogen and oxygen atoms in total. The number of hydrogen-bond acceptors (Lipinski definition) is 4. The fourth-order valence-corrected chi connectivity index (χ4v) is 5.17. The van der Waals surface area contributed by atoms with Gasteiger partial charge >= 0.3 is 0 Å². The van der Waals surface area contributed by atoms with E-state index in [-0.39, 0.29) is 10.8 Å². The molecule has 0 radical (unpaired) electrons. The molecule has 0 aliphatic carbocycles. The Hall–Kier alpha value is -2.71. The van der Waals surface area contributed by atoms with Gasteiger partial charge in [0.05, 0.1) is 15.9 Å². The molecule has 2 heterocycles. The van der Waals surface area contributed by atoms with Crippen LogP contribution in [0.15, 0.2) is 53.4 Å². The van der Waals surface area contributed by atoms with Crippen LogP contribution in [-0.2, 0) is 16.6 Å². The first-order chi connectivity index (χ1) is 14.0. The van der Waals surface area contributed by atoms with E-state index in [1.54, 1.807) is 12.1 Å². The van der Waals surface area contributed by atoms with Crippen molar-refractivity contribution in [2.45, 2.75) is 37.6 Å². The Morgan fingerprint density at radius 2 is 1.76 bits per heavy atom. The highest BCUT2D eigenvalue weighted by molar-refractivity contribution is 7.89. The van der Waals surface area contributed by atoms with Crippen molar-refractivity contribution >= 4 is 32.9 Å². The molecule has 1 aliphatic rings. The van der Waals surface area contributed by atoms with Gasteiger partial charge in [0.1, 0.15) is 0 Å². The van der Waals surface area contributed by atoms with Gasteiger partial charge < -0.3 is 4.57 Å². The number of nitrogens with one attached hydrogen (secondary N) is 1. The predicted octanol–water partition coefficient (Wildman–Crippen LogP) is 3.48. The van der Waals surface area contributed by atoms with Crippen molar-refractivity contribution in [2.24, 2.45) is 0 Å². The molecule has 8 heteroatoms. The van der Waals surface area contributed by atoms with Crippen LogP contribution in [0.25, 0.3) is 11.0 Å². The second-order valence-electron chi connectivity index (χ2n) is 7.17. The van der Waals surface area contributed by atoms with E-state index in [4.69, 9.17) is 0 Å². The summed E-state index contributed by atoms with van der Waals surface area (Å²) >= 11 is 0. The number of benzene rings is 2. The second kappa shape index (κ2) is 7.96. The molecule has 0 unspecified atom stereocenters. The van der Waals surface area contributed by atoms with Crippen LogP contribution < -0.4 is 5.32 Å². The fraction of sp³-hybridized carbons (Fsp3) is 0.333. The number of amides is 1. The number of fused-ring (bicyclic) bond motifs is 1. The van der Waals surface area contributed by atoms with Gasteiger partial charge in [-0.3, -0.25) is 10.1 Å². The molecular weight excluding hydrogens is 388 g/mol. The average Bonchev–Trinajstić information content (AvgIpc) is 3.38. The van der Waals surface area contributed by atoms with Gasteiger partial charge in [-0.2, -0.15) is 4.31 Å². The number of carbonyl (C=O) groups excluding carboxylic acids is 1. The quantitative estimate of drug-likeness (QED) is 0.672. The Bertz CT molecular complexity index is 1130. The Morgan fingerprint density at radius 3 is 2.45 bits per heavy atom. The number of rotatable bonds is 6. The molecule has 1 amide bonds. The Balaban J connectivity index is 1.56. The van der Waals surface area contributed by atoms with E-state index in [9.17, 15) is 13.2 Å². The molecule has 0 bridgehead atoms. The lowest BCUT2D eigenvalue weighted by Gasteiger charge is -2.15. The lowest BCUT2D eigenvalue weighted by Crippen LogP contribution is -2.27. The van der Waals surface area contributed by atoms with Crippen molar-refractivity contribution in [3.05, 3.63) is 54.1 Å². The van der Waals surface area contributed by atoms with Crippen LogP contribution in [0.5, 0.6) is 0 Å². The minimum atomic E-state index is -3.49. The summed E-state index contributed by atoms with van der Waals surface area (Å²) in [5, 5.41) is 2.87. The number of para-hydroxylation sites is 2. The topological polar surface area (TPSA) is 84.3 Å². The summed E-state index contributed by atoms with van der Waals surface area (Å²) in [6.07, 6.45) is 2.68. The molecule has 1 saturated heterocycles. The van der Waals surface area contributed by atoms with Crippen LogP contribution in [0.1, 0.15) is 36.5 Å². The minimum absolute atomic E-state index is 0.217. The van der Waals surface area contributed by atoms with Gasteiger partial charge in [-0.05, 0) is 55.7 Å². The molecule has 152 valence electrons. The average molecular weight is 413 g/mol. The van der Waals surface area contributed by atoms with Gasteiger partial charge in [0.25, 0.3) is 5.91 Å². The van der Waals surface area contributed by atoms with Gasteiger partial charge in [-0.25, -0.2) is 13.4 Å². The monoisotopic (exact) mass is 412 g/mol. The lowest BCUT2D eigenvalue weighted by molar-refractivity contribution is 0.102. The third kappa shape index (κ3) is 3.77. The summed E-state index contributed by atoms with van der Waals surface area (Å²) in [6, 6.07) is 13.8. The Kier molecular flexibility index (Phi) is 5.38. The van der Waals surface area contributed by atoms with E-state index in [1.165, 1.54) is 16.4 Å². The van der Waals surface area contributed by atoms with E-state index >= 15 is 0 Å². The first kappa shape index (κ1) is 19.6. The molecule has 4 rings (SSSR count). The first-order valence-electron chi connectivity index (χ1n) is 9.87. The third-order valence-electron chi connectivity index (χ3n) is 5.15. The number of anilines is 1. The summed E-state index contributed by atoms with van der Waals surface area (Å²) in [6.45, 7) is 3.92. The van der Waals surface area contributed by atoms with Gasteiger partial charge in [-0.1, -0.05) is 19.1 Å². The summed E-state index contributed by atoms with van der Waals surface area (Å²) < 4.78 is 28.8. The molecule has 0 atom stereocenters. The van der Waals surface area contributed by atoms with E-state index < -0.39 is 10.0 Å². The zero-order chi connectivity index (χ0) is 20.4. The SMILES string of the molecule is CCCn1c(NC(=O)c2ccc(S(=O)(=O)N3CCCC3)cc2)nc2ccccc21. The summed E-state index contributed by atoms with van der Waals surface area (Å²) in [5.41, 5.74) is 2.18. The van der Waals surface area contributed by atoms with Crippen molar-refractivity contribution in [1.82, 2.24) is 13.9 Å². The molecule has 1 aliphatic heterocycles. The highest BCUT2D eigenvalue weighted by atomic mass is 32.2. The molecule has 1 N–H and O–H groups in total. The number of nitrogens with zero attached hydrogens (tertiary/aromatic N) is 3. The number of aromatic nitrogens is 2. The number of imidazole rings is 1. The van der Waals surface area contributed by atoms with Crippen molar-refractivity contribution in [2.75, 3.05) is 18.4 Å². The summed E-state index contributed by atoms with van der Waals surface area (Å²) in [7, 11) is -3.49. The predicted molar refractivity (Wildman–Crippen MR) is 112 cm³/mol. The highest BCUT2D eigenvalue weighted by Gasteiger charge is 2.27. The van der Waals surface area contributed by atoms with Crippen LogP contribution in [0, 0.1) is 0 Å². The number of hydrogen-bond donors (Lipinski definition) is 1. The molecule has 3 aromatic rings.